The molecular formula is C17H20N2O2. The maximum absolute atomic E-state index is 12.0. The molecule has 0 unspecified atom stereocenters. The lowest BCUT2D eigenvalue weighted by Crippen LogP contribution is -2.25. The molecule has 0 saturated carbocycles. The number of hydrogen-bond acceptors (Lipinski definition) is 3. The monoisotopic (exact) mass is 284 g/mol. The molecular weight excluding hydrogens is 264 g/mol. The van der Waals surface area contributed by atoms with Gasteiger partial charge >= 0.3 is 0 Å². The molecule has 2 rings (SSSR count). The van der Waals surface area contributed by atoms with Crippen molar-refractivity contribution in [2.75, 3.05) is 13.7 Å². The molecule has 0 aliphatic rings. The van der Waals surface area contributed by atoms with E-state index in [-0.39, 0.29) is 5.91 Å². The van der Waals surface area contributed by atoms with E-state index in [1.807, 2.05) is 42.5 Å². The van der Waals surface area contributed by atoms with Crippen LogP contribution in [-0.4, -0.2) is 19.6 Å². The molecule has 0 aliphatic heterocycles. The van der Waals surface area contributed by atoms with Crippen molar-refractivity contribution >= 4 is 5.91 Å². The summed E-state index contributed by atoms with van der Waals surface area (Å²) in [5.41, 5.74) is 8.34. The van der Waals surface area contributed by atoms with Gasteiger partial charge < -0.3 is 15.8 Å². The van der Waals surface area contributed by atoms with Gasteiger partial charge in [-0.2, -0.15) is 0 Å². The van der Waals surface area contributed by atoms with Gasteiger partial charge in [0.2, 0.25) is 0 Å². The lowest BCUT2D eigenvalue weighted by Gasteiger charge is -2.07. The predicted molar refractivity (Wildman–Crippen MR) is 83.4 cm³/mol. The van der Waals surface area contributed by atoms with E-state index >= 15 is 0 Å². The summed E-state index contributed by atoms with van der Waals surface area (Å²) in [5.74, 6) is 0.764. The van der Waals surface area contributed by atoms with Crippen LogP contribution in [0.2, 0.25) is 0 Å². The third-order valence-corrected chi connectivity index (χ3v) is 3.28. The zero-order chi connectivity index (χ0) is 15.1. The minimum atomic E-state index is -0.0705. The molecule has 1 amide bonds. The fraction of sp³-hybridized carbons (Fsp3) is 0.235. The van der Waals surface area contributed by atoms with Crippen LogP contribution in [0.4, 0.5) is 0 Å². The number of carbonyl (C=O) groups excluding carboxylic acids is 1. The van der Waals surface area contributed by atoms with Gasteiger partial charge in [-0.3, -0.25) is 4.79 Å². The Morgan fingerprint density at radius 3 is 2.57 bits per heavy atom. The Bertz CT molecular complexity index is 594. The first-order valence-corrected chi connectivity index (χ1v) is 6.93. The summed E-state index contributed by atoms with van der Waals surface area (Å²) in [5, 5.41) is 2.92. The van der Waals surface area contributed by atoms with Crippen LogP contribution in [0.3, 0.4) is 0 Å². The molecule has 3 N–H and O–H groups in total. The number of rotatable bonds is 6. The van der Waals surface area contributed by atoms with E-state index in [1.54, 1.807) is 13.2 Å². The smallest absolute Gasteiger partial charge is 0.251 e. The lowest BCUT2D eigenvalue weighted by atomic mass is 10.1. The van der Waals surface area contributed by atoms with E-state index in [2.05, 4.69) is 5.32 Å². The van der Waals surface area contributed by atoms with Crippen molar-refractivity contribution in [1.29, 1.82) is 0 Å². The predicted octanol–water partition coefficient (Wildman–Crippen LogP) is 2.13. The number of hydrogen-bond donors (Lipinski definition) is 2. The molecule has 0 spiro atoms. The quantitative estimate of drug-likeness (QED) is 0.854. The highest BCUT2D eigenvalue weighted by Gasteiger charge is 2.05. The maximum atomic E-state index is 12.0. The van der Waals surface area contributed by atoms with Crippen molar-refractivity contribution in [2.24, 2.45) is 5.73 Å². The van der Waals surface area contributed by atoms with Crippen LogP contribution in [0.15, 0.2) is 48.5 Å². The van der Waals surface area contributed by atoms with Crippen molar-refractivity contribution in [3.8, 4) is 5.75 Å². The van der Waals surface area contributed by atoms with Crippen molar-refractivity contribution in [2.45, 2.75) is 13.0 Å². The Balaban J connectivity index is 1.85. The number of carbonyl (C=O) groups is 1. The van der Waals surface area contributed by atoms with Gasteiger partial charge in [-0.1, -0.05) is 24.3 Å². The Hall–Kier alpha value is -2.33. The van der Waals surface area contributed by atoms with Crippen molar-refractivity contribution in [3.63, 3.8) is 0 Å². The second kappa shape index (κ2) is 7.45. The highest BCUT2D eigenvalue weighted by Crippen LogP contribution is 2.11. The van der Waals surface area contributed by atoms with Crippen LogP contribution < -0.4 is 15.8 Å². The van der Waals surface area contributed by atoms with Gasteiger partial charge in [0.25, 0.3) is 5.91 Å². The average molecular weight is 284 g/mol. The second-order valence-electron chi connectivity index (χ2n) is 4.76. The Morgan fingerprint density at radius 2 is 1.90 bits per heavy atom. The molecule has 0 bridgehead atoms. The summed E-state index contributed by atoms with van der Waals surface area (Å²) in [4.78, 5) is 12.0. The highest BCUT2D eigenvalue weighted by atomic mass is 16.5. The van der Waals surface area contributed by atoms with E-state index in [9.17, 15) is 4.79 Å². The first kappa shape index (κ1) is 15.1. The fourth-order valence-electron chi connectivity index (χ4n) is 2.05. The molecule has 4 nitrogen and oxygen atoms in total. The average Bonchev–Trinajstić information content (AvgIpc) is 2.55. The minimum Gasteiger partial charge on any atom is -0.497 e. The molecule has 21 heavy (non-hydrogen) atoms. The molecule has 0 aromatic heterocycles. The summed E-state index contributed by atoms with van der Waals surface area (Å²) in [6.07, 6.45) is 0.784. The molecule has 0 fully saturated rings. The molecule has 0 aliphatic carbocycles. The first-order chi connectivity index (χ1) is 10.2. The van der Waals surface area contributed by atoms with E-state index in [0.29, 0.717) is 18.7 Å². The molecule has 2 aromatic rings. The Morgan fingerprint density at radius 1 is 1.14 bits per heavy atom. The molecule has 0 radical (unpaired) electrons. The molecule has 0 atom stereocenters. The highest BCUT2D eigenvalue weighted by molar-refractivity contribution is 5.94. The van der Waals surface area contributed by atoms with Crippen LogP contribution >= 0.6 is 0 Å². The van der Waals surface area contributed by atoms with Gasteiger partial charge in [-0.05, 0) is 41.8 Å². The molecule has 2 aromatic carbocycles. The lowest BCUT2D eigenvalue weighted by molar-refractivity contribution is 0.0954. The standard InChI is InChI=1S/C17H20N2O2/c1-21-16-7-5-13(6-8-16)9-10-19-17(20)15-4-2-3-14(11-15)12-18/h2-8,11H,9-10,12,18H2,1H3,(H,19,20). The number of methoxy groups -OCH3 is 1. The zero-order valence-electron chi connectivity index (χ0n) is 12.1. The van der Waals surface area contributed by atoms with Crippen LogP contribution in [0.1, 0.15) is 21.5 Å². The van der Waals surface area contributed by atoms with Crippen LogP contribution in [0.5, 0.6) is 5.75 Å². The second-order valence-corrected chi connectivity index (χ2v) is 4.76. The molecule has 4 heteroatoms. The summed E-state index contributed by atoms with van der Waals surface area (Å²) in [6.45, 7) is 1.03. The van der Waals surface area contributed by atoms with Crippen LogP contribution in [0.25, 0.3) is 0 Å². The van der Waals surface area contributed by atoms with Gasteiger partial charge in [-0.15, -0.1) is 0 Å². The van der Waals surface area contributed by atoms with Crippen molar-refractivity contribution in [1.82, 2.24) is 5.32 Å². The van der Waals surface area contributed by atoms with Gasteiger partial charge in [0.15, 0.2) is 0 Å². The van der Waals surface area contributed by atoms with Gasteiger partial charge in [0.05, 0.1) is 7.11 Å². The summed E-state index contributed by atoms with van der Waals surface area (Å²) in [7, 11) is 1.64. The Labute approximate surface area is 124 Å². The normalized spacial score (nSPS) is 10.2. The zero-order valence-corrected chi connectivity index (χ0v) is 12.1. The van der Waals surface area contributed by atoms with E-state index in [0.717, 1.165) is 23.3 Å². The first-order valence-electron chi connectivity index (χ1n) is 6.93. The van der Waals surface area contributed by atoms with Crippen molar-refractivity contribution in [3.05, 3.63) is 65.2 Å². The number of benzene rings is 2. The minimum absolute atomic E-state index is 0.0705. The van der Waals surface area contributed by atoms with E-state index in [4.69, 9.17) is 10.5 Å². The molecule has 0 saturated heterocycles. The third-order valence-electron chi connectivity index (χ3n) is 3.28. The van der Waals surface area contributed by atoms with Crippen LogP contribution in [0, 0.1) is 0 Å². The third kappa shape index (κ3) is 4.33. The Kier molecular flexibility index (Phi) is 5.35. The van der Waals surface area contributed by atoms with Crippen molar-refractivity contribution < 1.29 is 9.53 Å². The molecule has 110 valence electrons. The number of ether oxygens (including phenoxy) is 1. The summed E-state index contributed by atoms with van der Waals surface area (Å²) >= 11 is 0. The molecule has 0 heterocycles. The van der Waals surface area contributed by atoms with E-state index < -0.39 is 0 Å². The summed E-state index contributed by atoms with van der Waals surface area (Å²) < 4.78 is 5.11. The number of amides is 1. The van der Waals surface area contributed by atoms with E-state index in [1.165, 1.54) is 0 Å². The van der Waals surface area contributed by atoms with Gasteiger partial charge in [-0.25, -0.2) is 0 Å². The van der Waals surface area contributed by atoms with Gasteiger partial charge in [0.1, 0.15) is 5.75 Å². The fourth-order valence-corrected chi connectivity index (χ4v) is 2.05. The SMILES string of the molecule is COc1ccc(CCNC(=O)c2cccc(CN)c2)cc1. The number of nitrogens with one attached hydrogen (secondary N) is 1. The maximum Gasteiger partial charge on any atom is 0.251 e. The topological polar surface area (TPSA) is 64.3 Å². The number of nitrogens with two attached hydrogens (primary N) is 1. The van der Waals surface area contributed by atoms with Gasteiger partial charge in [0, 0.05) is 18.7 Å². The summed E-state index contributed by atoms with van der Waals surface area (Å²) in [6, 6.07) is 15.2. The largest absolute Gasteiger partial charge is 0.497 e. The van der Waals surface area contributed by atoms with Crippen LogP contribution in [-0.2, 0) is 13.0 Å².